The van der Waals surface area contributed by atoms with Crippen molar-refractivity contribution in [3.05, 3.63) is 0 Å². The summed E-state index contributed by atoms with van der Waals surface area (Å²) in [4.78, 5) is 37.3. The zero-order valence-corrected chi connectivity index (χ0v) is 12.5. The molecule has 0 saturated heterocycles. The van der Waals surface area contributed by atoms with Gasteiger partial charge in [0.05, 0.1) is 6.54 Å². The maximum absolute atomic E-state index is 11.4. The molecule has 2 N–H and O–H groups in total. The molecule has 0 aromatic rings. The highest BCUT2D eigenvalue weighted by Crippen LogP contribution is 2.08. The Kier molecular flexibility index (Phi) is 11.5. The van der Waals surface area contributed by atoms with Gasteiger partial charge in [-0.05, 0) is 6.42 Å². The molecule has 0 bridgehead atoms. The molecule has 0 rings (SSSR count). The molecule has 0 radical (unpaired) electrons. The Labute approximate surface area is 120 Å². The van der Waals surface area contributed by atoms with E-state index < -0.39 is 11.9 Å². The third-order valence-electron chi connectivity index (χ3n) is 2.76. The molecule has 6 heteroatoms. The van der Waals surface area contributed by atoms with Crippen LogP contribution in [0.3, 0.4) is 0 Å². The Hall–Kier alpha value is -1.59. The van der Waals surface area contributed by atoms with Crippen LogP contribution in [0.15, 0.2) is 0 Å². The van der Waals surface area contributed by atoms with Gasteiger partial charge >= 0.3 is 5.97 Å². The molecule has 0 aliphatic carbocycles. The monoisotopic (exact) mass is 286 g/mol. The summed E-state index contributed by atoms with van der Waals surface area (Å²) in [6.45, 7) is 3.18. The van der Waals surface area contributed by atoms with E-state index in [1.807, 2.05) is 5.48 Å². The lowest BCUT2D eigenvalue weighted by molar-refractivity contribution is -0.155. The molecule has 0 aromatic heterocycles. The summed E-state index contributed by atoms with van der Waals surface area (Å²) < 4.78 is 0. The van der Waals surface area contributed by atoms with Crippen molar-refractivity contribution in [2.45, 2.75) is 65.2 Å². The smallest absolute Gasteiger partial charge is 0.329 e. The molecule has 0 unspecified atom stereocenters. The van der Waals surface area contributed by atoms with Crippen molar-refractivity contribution in [3.63, 3.8) is 0 Å². The van der Waals surface area contributed by atoms with Gasteiger partial charge in [0.1, 0.15) is 0 Å². The summed E-state index contributed by atoms with van der Waals surface area (Å²) in [5, 5.41) is 2.48. The second-order valence-electron chi connectivity index (χ2n) is 4.77. The van der Waals surface area contributed by atoms with Crippen LogP contribution in [-0.2, 0) is 19.2 Å². The molecule has 6 nitrogen and oxygen atoms in total. The van der Waals surface area contributed by atoms with Crippen molar-refractivity contribution >= 4 is 17.8 Å². The number of carbonyl (C=O) groups is 3. The third-order valence-corrected chi connectivity index (χ3v) is 2.76. The molecule has 0 fully saturated rings. The van der Waals surface area contributed by atoms with Crippen molar-refractivity contribution in [2.24, 2.45) is 0 Å². The van der Waals surface area contributed by atoms with Crippen LogP contribution in [0, 0.1) is 0 Å². The standard InChI is InChI=1S/C14H26N2O4/c1-3-4-5-6-7-8-9-10-13(18)15-11-14(19)16-20-12(2)17/h3-11H2,1-2H3,(H,15,18)(H,16,19). The number of amides is 2. The second kappa shape index (κ2) is 12.4. The SMILES string of the molecule is CCCCCCCCCC(=O)NCC(=O)NOC(C)=O. The van der Waals surface area contributed by atoms with Gasteiger partial charge in [0, 0.05) is 13.3 Å². The van der Waals surface area contributed by atoms with Crippen LogP contribution in [0.2, 0.25) is 0 Å². The molecule has 116 valence electrons. The molecule has 0 aliphatic rings. The second-order valence-corrected chi connectivity index (χ2v) is 4.77. The van der Waals surface area contributed by atoms with Gasteiger partial charge in [-0.3, -0.25) is 14.4 Å². The van der Waals surface area contributed by atoms with Crippen molar-refractivity contribution in [3.8, 4) is 0 Å². The fourth-order valence-corrected chi connectivity index (χ4v) is 1.67. The lowest BCUT2D eigenvalue weighted by Crippen LogP contribution is -2.37. The molecule has 0 atom stereocenters. The lowest BCUT2D eigenvalue weighted by Gasteiger charge is -2.06. The van der Waals surface area contributed by atoms with E-state index in [-0.39, 0.29) is 12.5 Å². The number of carbonyl (C=O) groups excluding carboxylic acids is 3. The van der Waals surface area contributed by atoms with Crippen LogP contribution in [0.25, 0.3) is 0 Å². The summed E-state index contributed by atoms with van der Waals surface area (Å²) in [5.41, 5.74) is 1.93. The number of hydroxylamine groups is 1. The van der Waals surface area contributed by atoms with Crippen molar-refractivity contribution in [1.82, 2.24) is 10.8 Å². The van der Waals surface area contributed by atoms with E-state index in [4.69, 9.17) is 0 Å². The Morgan fingerprint density at radius 1 is 0.900 bits per heavy atom. The summed E-state index contributed by atoms with van der Waals surface area (Å²) >= 11 is 0. The van der Waals surface area contributed by atoms with Gasteiger partial charge in [-0.1, -0.05) is 45.4 Å². The minimum Gasteiger partial charge on any atom is -0.347 e. The summed E-state index contributed by atoms with van der Waals surface area (Å²) in [5.74, 6) is -1.31. The Balaban J connectivity index is 3.40. The van der Waals surface area contributed by atoms with E-state index >= 15 is 0 Å². The highest BCUT2D eigenvalue weighted by Gasteiger charge is 2.06. The highest BCUT2D eigenvalue weighted by molar-refractivity contribution is 5.84. The topological polar surface area (TPSA) is 84.5 Å². The molecular weight excluding hydrogens is 260 g/mol. The predicted molar refractivity (Wildman–Crippen MR) is 75.5 cm³/mol. The normalized spacial score (nSPS) is 9.90. The van der Waals surface area contributed by atoms with E-state index in [2.05, 4.69) is 17.1 Å². The van der Waals surface area contributed by atoms with Gasteiger partial charge in [0.15, 0.2) is 0 Å². The van der Waals surface area contributed by atoms with Gasteiger partial charge in [-0.15, -0.1) is 0 Å². The average Bonchev–Trinajstić information content (AvgIpc) is 2.41. The van der Waals surface area contributed by atoms with Gasteiger partial charge in [-0.25, -0.2) is 0 Å². The number of nitrogens with one attached hydrogen (secondary N) is 2. The van der Waals surface area contributed by atoms with Crippen molar-refractivity contribution < 1.29 is 19.2 Å². The average molecular weight is 286 g/mol. The minimum absolute atomic E-state index is 0.156. The summed E-state index contributed by atoms with van der Waals surface area (Å²) in [6, 6.07) is 0. The fourth-order valence-electron chi connectivity index (χ4n) is 1.67. The number of hydrogen-bond acceptors (Lipinski definition) is 4. The first kappa shape index (κ1) is 18.4. The number of hydrogen-bond donors (Lipinski definition) is 2. The van der Waals surface area contributed by atoms with Crippen LogP contribution in [-0.4, -0.2) is 24.3 Å². The lowest BCUT2D eigenvalue weighted by atomic mass is 10.1. The molecule has 20 heavy (non-hydrogen) atoms. The first-order chi connectivity index (χ1) is 9.56. The summed E-state index contributed by atoms with van der Waals surface area (Å²) in [7, 11) is 0. The van der Waals surface area contributed by atoms with Crippen LogP contribution in [0.1, 0.15) is 65.2 Å². The number of rotatable bonds is 10. The molecule has 0 heterocycles. The van der Waals surface area contributed by atoms with Gasteiger partial charge in [-0.2, -0.15) is 5.48 Å². The van der Waals surface area contributed by atoms with Crippen LogP contribution in [0.4, 0.5) is 0 Å². The quantitative estimate of drug-likeness (QED) is 0.474. The van der Waals surface area contributed by atoms with Gasteiger partial charge < -0.3 is 10.2 Å². The maximum Gasteiger partial charge on any atom is 0.329 e. The number of unbranched alkanes of at least 4 members (excludes halogenated alkanes) is 6. The molecule has 0 spiro atoms. The summed E-state index contributed by atoms with van der Waals surface area (Å²) in [6.07, 6.45) is 8.45. The molecular formula is C14H26N2O4. The first-order valence-electron chi connectivity index (χ1n) is 7.29. The van der Waals surface area contributed by atoms with E-state index in [0.29, 0.717) is 6.42 Å². The molecule has 2 amide bonds. The van der Waals surface area contributed by atoms with Crippen LogP contribution < -0.4 is 10.8 Å². The van der Waals surface area contributed by atoms with Crippen LogP contribution in [0.5, 0.6) is 0 Å². The van der Waals surface area contributed by atoms with E-state index in [1.165, 1.54) is 32.6 Å². The Morgan fingerprint density at radius 2 is 1.50 bits per heavy atom. The Bertz CT molecular complexity index is 306. The molecule has 0 saturated carbocycles. The maximum atomic E-state index is 11.4. The molecule has 0 aromatic carbocycles. The predicted octanol–water partition coefficient (Wildman–Crippen LogP) is 1.84. The first-order valence-corrected chi connectivity index (χ1v) is 7.29. The van der Waals surface area contributed by atoms with E-state index in [1.54, 1.807) is 0 Å². The minimum atomic E-state index is -0.604. The van der Waals surface area contributed by atoms with Crippen molar-refractivity contribution in [1.29, 1.82) is 0 Å². The van der Waals surface area contributed by atoms with E-state index in [0.717, 1.165) is 19.3 Å². The van der Waals surface area contributed by atoms with Gasteiger partial charge in [0.25, 0.3) is 5.91 Å². The highest BCUT2D eigenvalue weighted by atomic mass is 16.7. The fraction of sp³-hybridized carbons (Fsp3) is 0.786. The van der Waals surface area contributed by atoms with E-state index in [9.17, 15) is 14.4 Å². The van der Waals surface area contributed by atoms with Gasteiger partial charge in [0.2, 0.25) is 5.91 Å². The Morgan fingerprint density at radius 3 is 2.10 bits per heavy atom. The zero-order valence-electron chi connectivity index (χ0n) is 12.5. The largest absolute Gasteiger partial charge is 0.347 e. The molecule has 0 aliphatic heterocycles. The van der Waals surface area contributed by atoms with Crippen LogP contribution >= 0.6 is 0 Å². The third kappa shape index (κ3) is 12.9. The zero-order chi connectivity index (χ0) is 15.2. The van der Waals surface area contributed by atoms with Crippen molar-refractivity contribution in [2.75, 3.05) is 6.54 Å².